The maximum Gasteiger partial charge on any atom is 0.317 e. The number of carbonyl (C=O) groups excluding carboxylic acids is 1. The number of nitrogens with zero attached hydrogens (tertiary/aromatic N) is 1. The minimum absolute atomic E-state index is 0.126. The van der Waals surface area contributed by atoms with Gasteiger partial charge < -0.3 is 15.5 Å². The number of amides is 2. The molecule has 1 aliphatic heterocycles. The van der Waals surface area contributed by atoms with E-state index >= 15 is 0 Å². The standard InChI is InChI=1S/C11H21N3O/c1-8-7-14(9(2)6-12-8)11(15)13-10-4-3-5-10/h8-10,12H,3-7H2,1-2H3,(H,13,15). The quantitative estimate of drug-likeness (QED) is 0.677. The van der Waals surface area contributed by atoms with Crippen LogP contribution in [-0.2, 0) is 0 Å². The smallest absolute Gasteiger partial charge is 0.317 e. The lowest BCUT2D eigenvalue weighted by Crippen LogP contribution is -2.60. The molecule has 1 saturated carbocycles. The van der Waals surface area contributed by atoms with Gasteiger partial charge in [0.05, 0.1) is 0 Å². The van der Waals surface area contributed by atoms with Crippen LogP contribution in [0.2, 0.25) is 0 Å². The molecule has 0 bridgehead atoms. The molecule has 0 aromatic carbocycles. The first-order valence-corrected chi connectivity index (χ1v) is 5.97. The molecule has 2 rings (SSSR count). The third-order valence-electron chi connectivity index (χ3n) is 3.46. The molecule has 86 valence electrons. The Labute approximate surface area is 91.4 Å². The van der Waals surface area contributed by atoms with Crippen molar-refractivity contribution in [1.82, 2.24) is 15.5 Å². The monoisotopic (exact) mass is 211 g/mol. The molecular weight excluding hydrogens is 190 g/mol. The van der Waals surface area contributed by atoms with Gasteiger partial charge in [0.15, 0.2) is 0 Å². The number of hydrogen-bond donors (Lipinski definition) is 2. The molecule has 2 fully saturated rings. The van der Waals surface area contributed by atoms with Crippen LogP contribution in [0, 0.1) is 0 Å². The zero-order valence-corrected chi connectivity index (χ0v) is 9.62. The van der Waals surface area contributed by atoms with Gasteiger partial charge in [0.25, 0.3) is 0 Å². The lowest BCUT2D eigenvalue weighted by atomic mass is 9.93. The van der Waals surface area contributed by atoms with Gasteiger partial charge in [0.2, 0.25) is 0 Å². The van der Waals surface area contributed by atoms with Crippen molar-refractivity contribution in [2.45, 2.75) is 51.2 Å². The molecule has 1 aliphatic carbocycles. The second-order valence-electron chi connectivity index (χ2n) is 4.89. The molecule has 0 radical (unpaired) electrons. The SMILES string of the molecule is CC1CN(C(=O)NC2CCC2)C(C)CN1. The van der Waals surface area contributed by atoms with Crippen LogP contribution in [0.4, 0.5) is 4.79 Å². The molecule has 0 spiro atoms. The predicted molar refractivity (Wildman–Crippen MR) is 59.8 cm³/mol. The summed E-state index contributed by atoms with van der Waals surface area (Å²) >= 11 is 0. The van der Waals surface area contributed by atoms with E-state index in [1.165, 1.54) is 6.42 Å². The van der Waals surface area contributed by atoms with Crippen molar-refractivity contribution in [3.05, 3.63) is 0 Å². The Kier molecular flexibility index (Phi) is 3.14. The van der Waals surface area contributed by atoms with E-state index in [1.54, 1.807) is 0 Å². The molecule has 2 aliphatic rings. The average molecular weight is 211 g/mol. The van der Waals surface area contributed by atoms with E-state index in [-0.39, 0.29) is 6.03 Å². The molecule has 0 aromatic rings. The normalized spacial score (nSPS) is 32.3. The van der Waals surface area contributed by atoms with Gasteiger partial charge in [-0.1, -0.05) is 0 Å². The van der Waals surface area contributed by atoms with Crippen LogP contribution in [0.1, 0.15) is 33.1 Å². The largest absolute Gasteiger partial charge is 0.335 e. The fraction of sp³-hybridized carbons (Fsp3) is 0.909. The summed E-state index contributed by atoms with van der Waals surface area (Å²) in [6.45, 7) is 5.94. The number of nitrogens with one attached hydrogen (secondary N) is 2. The molecule has 2 atom stereocenters. The Morgan fingerprint density at radius 2 is 2.13 bits per heavy atom. The van der Waals surface area contributed by atoms with Crippen LogP contribution < -0.4 is 10.6 Å². The first kappa shape index (κ1) is 10.7. The summed E-state index contributed by atoms with van der Waals surface area (Å²) in [5.41, 5.74) is 0. The van der Waals surface area contributed by atoms with Gasteiger partial charge in [0.1, 0.15) is 0 Å². The van der Waals surface area contributed by atoms with E-state index in [1.807, 2.05) is 4.90 Å². The summed E-state index contributed by atoms with van der Waals surface area (Å²) in [6, 6.07) is 1.28. The fourth-order valence-electron chi connectivity index (χ4n) is 2.11. The highest BCUT2D eigenvalue weighted by Crippen LogP contribution is 2.18. The van der Waals surface area contributed by atoms with Crippen molar-refractivity contribution in [2.24, 2.45) is 0 Å². The Morgan fingerprint density at radius 3 is 2.73 bits per heavy atom. The summed E-state index contributed by atoms with van der Waals surface area (Å²) in [6.07, 6.45) is 3.57. The van der Waals surface area contributed by atoms with Gasteiger partial charge in [-0.15, -0.1) is 0 Å². The zero-order chi connectivity index (χ0) is 10.8. The summed E-state index contributed by atoms with van der Waals surface area (Å²) in [4.78, 5) is 13.9. The molecule has 4 nitrogen and oxygen atoms in total. The lowest BCUT2D eigenvalue weighted by Gasteiger charge is -2.39. The molecular formula is C11H21N3O. The number of urea groups is 1. The third kappa shape index (κ3) is 2.43. The maximum absolute atomic E-state index is 11.9. The van der Waals surface area contributed by atoms with E-state index in [4.69, 9.17) is 0 Å². The van der Waals surface area contributed by atoms with Crippen molar-refractivity contribution in [2.75, 3.05) is 13.1 Å². The van der Waals surface area contributed by atoms with Crippen LogP contribution in [-0.4, -0.2) is 42.1 Å². The summed E-state index contributed by atoms with van der Waals surface area (Å²) in [5, 5.41) is 6.47. The highest BCUT2D eigenvalue weighted by molar-refractivity contribution is 5.75. The van der Waals surface area contributed by atoms with Crippen LogP contribution in [0.25, 0.3) is 0 Å². The van der Waals surface area contributed by atoms with Crippen molar-refractivity contribution in [3.63, 3.8) is 0 Å². The minimum atomic E-state index is 0.126. The van der Waals surface area contributed by atoms with Gasteiger partial charge in [-0.2, -0.15) is 0 Å². The van der Waals surface area contributed by atoms with Gasteiger partial charge in [-0.25, -0.2) is 4.79 Å². The Hall–Kier alpha value is -0.770. The van der Waals surface area contributed by atoms with Crippen LogP contribution >= 0.6 is 0 Å². The molecule has 2 N–H and O–H groups in total. The van der Waals surface area contributed by atoms with E-state index in [2.05, 4.69) is 24.5 Å². The lowest BCUT2D eigenvalue weighted by molar-refractivity contribution is 0.142. The molecule has 0 aromatic heterocycles. The maximum atomic E-state index is 11.9. The predicted octanol–water partition coefficient (Wildman–Crippen LogP) is 0.931. The first-order valence-electron chi connectivity index (χ1n) is 5.97. The summed E-state index contributed by atoms with van der Waals surface area (Å²) in [5.74, 6) is 0. The number of hydrogen-bond acceptors (Lipinski definition) is 2. The van der Waals surface area contributed by atoms with Gasteiger partial charge in [-0.3, -0.25) is 0 Å². The van der Waals surface area contributed by atoms with E-state index in [9.17, 15) is 4.79 Å². The molecule has 1 saturated heterocycles. The topological polar surface area (TPSA) is 44.4 Å². The van der Waals surface area contributed by atoms with Gasteiger partial charge in [-0.05, 0) is 33.1 Å². The molecule has 2 amide bonds. The van der Waals surface area contributed by atoms with Crippen LogP contribution in [0.3, 0.4) is 0 Å². The average Bonchev–Trinajstić information content (AvgIpc) is 2.15. The molecule has 2 unspecified atom stereocenters. The fourth-order valence-corrected chi connectivity index (χ4v) is 2.11. The third-order valence-corrected chi connectivity index (χ3v) is 3.46. The molecule has 4 heteroatoms. The van der Waals surface area contributed by atoms with Crippen molar-refractivity contribution in [3.8, 4) is 0 Å². The van der Waals surface area contributed by atoms with Crippen LogP contribution in [0.15, 0.2) is 0 Å². The van der Waals surface area contributed by atoms with Crippen LogP contribution in [0.5, 0.6) is 0 Å². The molecule has 15 heavy (non-hydrogen) atoms. The van der Waals surface area contributed by atoms with E-state index < -0.39 is 0 Å². The number of piperazine rings is 1. The Morgan fingerprint density at radius 1 is 1.40 bits per heavy atom. The highest BCUT2D eigenvalue weighted by Gasteiger charge is 2.29. The van der Waals surface area contributed by atoms with E-state index in [0.29, 0.717) is 18.1 Å². The second-order valence-corrected chi connectivity index (χ2v) is 4.89. The van der Waals surface area contributed by atoms with Crippen molar-refractivity contribution < 1.29 is 4.79 Å². The van der Waals surface area contributed by atoms with Gasteiger partial charge >= 0.3 is 6.03 Å². The molecule has 1 heterocycles. The van der Waals surface area contributed by atoms with Gasteiger partial charge in [0, 0.05) is 31.2 Å². The van der Waals surface area contributed by atoms with Crippen molar-refractivity contribution >= 4 is 6.03 Å². The Balaban J connectivity index is 1.86. The highest BCUT2D eigenvalue weighted by atomic mass is 16.2. The second kappa shape index (κ2) is 4.39. The van der Waals surface area contributed by atoms with E-state index in [0.717, 1.165) is 25.9 Å². The summed E-state index contributed by atoms with van der Waals surface area (Å²) in [7, 11) is 0. The first-order chi connectivity index (χ1) is 7.16. The summed E-state index contributed by atoms with van der Waals surface area (Å²) < 4.78 is 0. The number of rotatable bonds is 1. The minimum Gasteiger partial charge on any atom is -0.335 e. The number of carbonyl (C=O) groups is 1. The van der Waals surface area contributed by atoms with Crippen molar-refractivity contribution in [1.29, 1.82) is 0 Å². The zero-order valence-electron chi connectivity index (χ0n) is 9.62. The Bertz CT molecular complexity index is 240.